The van der Waals surface area contributed by atoms with Gasteiger partial charge in [-0.05, 0) is 52.6 Å². The van der Waals surface area contributed by atoms with E-state index in [1.807, 2.05) is 13.8 Å². The van der Waals surface area contributed by atoms with E-state index in [4.69, 9.17) is 0 Å². The lowest BCUT2D eigenvalue weighted by Gasteiger charge is -2.35. The van der Waals surface area contributed by atoms with Gasteiger partial charge in [-0.25, -0.2) is 0 Å². The average Bonchev–Trinajstić information content (AvgIpc) is 2.73. The Morgan fingerprint density at radius 3 is 2.73 bits per heavy atom. The molecular weight excluding hydrogens is 188 g/mol. The minimum atomic E-state index is -0.547. The molecule has 2 heterocycles. The van der Waals surface area contributed by atoms with Crippen molar-refractivity contribution in [3.8, 4) is 0 Å². The molecule has 0 spiro atoms. The van der Waals surface area contributed by atoms with Crippen molar-refractivity contribution in [3.05, 3.63) is 0 Å². The third-order valence-corrected chi connectivity index (χ3v) is 3.80. The predicted octanol–water partition coefficient (Wildman–Crippen LogP) is 0.974. The maximum atomic E-state index is 10.1. The van der Waals surface area contributed by atoms with Crippen molar-refractivity contribution in [3.63, 3.8) is 0 Å². The maximum absolute atomic E-state index is 10.1. The van der Waals surface area contributed by atoms with Gasteiger partial charge in [0.05, 0.1) is 5.60 Å². The molecule has 88 valence electrons. The quantitative estimate of drug-likeness (QED) is 0.732. The van der Waals surface area contributed by atoms with Crippen LogP contribution in [0.3, 0.4) is 0 Å². The predicted molar refractivity (Wildman–Crippen MR) is 61.9 cm³/mol. The molecule has 0 unspecified atom stereocenters. The average molecular weight is 212 g/mol. The van der Waals surface area contributed by atoms with Crippen LogP contribution >= 0.6 is 0 Å². The lowest BCUT2D eigenvalue weighted by molar-refractivity contribution is -0.00443. The second-order valence-corrected chi connectivity index (χ2v) is 5.60. The highest BCUT2D eigenvalue weighted by molar-refractivity contribution is 4.93. The van der Waals surface area contributed by atoms with Crippen LogP contribution in [-0.2, 0) is 0 Å². The molecule has 0 aromatic heterocycles. The fourth-order valence-electron chi connectivity index (χ4n) is 3.04. The van der Waals surface area contributed by atoms with Crippen molar-refractivity contribution < 1.29 is 5.11 Å². The minimum absolute atomic E-state index is 0.361. The first kappa shape index (κ1) is 11.4. The highest BCUT2D eigenvalue weighted by Gasteiger charge is 2.36. The molecule has 0 aliphatic carbocycles. The van der Waals surface area contributed by atoms with Gasteiger partial charge in [0, 0.05) is 18.6 Å². The van der Waals surface area contributed by atoms with Crippen LogP contribution in [0.2, 0.25) is 0 Å². The van der Waals surface area contributed by atoms with Gasteiger partial charge in [0.15, 0.2) is 0 Å². The van der Waals surface area contributed by atoms with Gasteiger partial charge in [-0.15, -0.1) is 0 Å². The maximum Gasteiger partial charge on any atom is 0.0746 e. The molecule has 0 saturated carbocycles. The van der Waals surface area contributed by atoms with E-state index < -0.39 is 5.60 Å². The van der Waals surface area contributed by atoms with E-state index in [0.29, 0.717) is 12.1 Å². The van der Waals surface area contributed by atoms with Crippen molar-refractivity contribution in [1.82, 2.24) is 10.2 Å². The van der Waals surface area contributed by atoms with Crippen LogP contribution in [-0.4, -0.2) is 47.3 Å². The van der Waals surface area contributed by atoms with Crippen LogP contribution in [0.25, 0.3) is 0 Å². The van der Waals surface area contributed by atoms with Crippen LogP contribution in [0.15, 0.2) is 0 Å². The van der Waals surface area contributed by atoms with E-state index in [1.54, 1.807) is 0 Å². The largest absolute Gasteiger partial charge is 0.389 e. The van der Waals surface area contributed by atoms with Crippen molar-refractivity contribution in [2.75, 3.05) is 19.6 Å². The van der Waals surface area contributed by atoms with E-state index in [0.717, 1.165) is 19.5 Å². The molecule has 3 nitrogen and oxygen atoms in total. The van der Waals surface area contributed by atoms with Gasteiger partial charge in [0.25, 0.3) is 0 Å². The number of aliphatic hydroxyl groups is 1. The van der Waals surface area contributed by atoms with Crippen LogP contribution in [0.5, 0.6) is 0 Å². The molecule has 0 bridgehead atoms. The summed E-state index contributed by atoms with van der Waals surface area (Å²) in [7, 11) is 0. The zero-order valence-electron chi connectivity index (χ0n) is 10.00. The molecule has 0 aromatic rings. The molecular formula is C12H24N2O. The van der Waals surface area contributed by atoms with E-state index in [2.05, 4.69) is 10.2 Å². The van der Waals surface area contributed by atoms with Gasteiger partial charge < -0.3 is 10.4 Å². The lowest BCUT2D eigenvalue weighted by atomic mass is 9.96. The Morgan fingerprint density at radius 1 is 1.33 bits per heavy atom. The Balaban J connectivity index is 1.90. The SMILES string of the molecule is CC(C)(O)[C@@H]1CCCN1C[C@@H]1CCCN1. The smallest absolute Gasteiger partial charge is 0.0746 e. The Labute approximate surface area is 92.8 Å². The van der Waals surface area contributed by atoms with Gasteiger partial charge in [0.2, 0.25) is 0 Å². The van der Waals surface area contributed by atoms with Crippen LogP contribution in [0.4, 0.5) is 0 Å². The molecule has 2 rings (SSSR count). The molecule has 0 radical (unpaired) electrons. The second kappa shape index (κ2) is 4.40. The highest BCUT2D eigenvalue weighted by atomic mass is 16.3. The molecule has 3 heteroatoms. The molecule has 2 aliphatic rings. The summed E-state index contributed by atoms with van der Waals surface area (Å²) < 4.78 is 0. The topological polar surface area (TPSA) is 35.5 Å². The zero-order chi connectivity index (χ0) is 10.9. The van der Waals surface area contributed by atoms with Crippen LogP contribution in [0, 0.1) is 0 Å². The van der Waals surface area contributed by atoms with Crippen LogP contribution in [0.1, 0.15) is 39.5 Å². The Morgan fingerprint density at radius 2 is 2.13 bits per heavy atom. The first-order valence-corrected chi connectivity index (χ1v) is 6.27. The number of hydrogen-bond donors (Lipinski definition) is 2. The third-order valence-electron chi connectivity index (χ3n) is 3.80. The number of nitrogens with one attached hydrogen (secondary N) is 1. The van der Waals surface area contributed by atoms with Gasteiger partial charge >= 0.3 is 0 Å². The van der Waals surface area contributed by atoms with E-state index >= 15 is 0 Å². The fraction of sp³-hybridized carbons (Fsp3) is 1.00. The zero-order valence-corrected chi connectivity index (χ0v) is 10.00. The fourth-order valence-corrected chi connectivity index (χ4v) is 3.04. The van der Waals surface area contributed by atoms with Gasteiger partial charge in [0.1, 0.15) is 0 Å². The molecule has 15 heavy (non-hydrogen) atoms. The van der Waals surface area contributed by atoms with Crippen molar-refractivity contribution in [2.45, 2.75) is 57.2 Å². The highest BCUT2D eigenvalue weighted by Crippen LogP contribution is 2.27. The van der Waals surface area contributed by atoms with E-state index in [9.17, 15) is 5.11 Å². The van der Waals surface area contributed by atoms with Gasteiger partial charge in [-0.1, -0.05) is 0 Å². The van der Waals surface area contributed by atoms with E-state index in [1.165, 1.54) is 25.8 Å². The number of nitrogens with zero attached hydrogens (tertiary/aromatic N) is 1. The minimum Gasteiger partial charge on any atom is -0.389 e. The van der Waals surface area contributed by atoms with Gasteiger partial charge in [-0.3, -0.25) is 4.90 Å². The summed E-state index contributed by atoms with van der Waals surface area (Å²) in [6.45, 7) is 7.34. The van der Waals surface area contributed by atoms with Crippen molar-refractivity contribution in [2.24, 2.45) is 0 Å². The Kier molecular flexibility index (Phi) is 3.33. The summed E-state index contributed by atoms with van der Waals surface area (Å²) >= 11 is 0. The molecule has 2 atom stereocenters. The number of hydrogen-bond acceptors (Lipinski definition) is 3. The summed E-state index contributed by atoms with van der Waals surface area (Å²) in [6.07, 6.45) is 5.00. The molecule has 0 amide bonds. The monoisotopic (exact) mass is 212 g/mol. The standard InChI is InChI=1S/C12H24N2O/c1-12(2,15)11-6-4-8-14(11)9-10-5-3-7-13-10/h10-11,13,15H,3-9H2,1-2H3/t10-,11-/m0/s1. The number of rotatable bonds is 3. The first-order valence-electron chi connectivity index (χ1n) is 6.27. The second-order valence-electron chi connectivity index (χ2n) is 5.60. The first-order chi connectivity index (χ1) is 7.07. The molecule has 2 fully saturated rings. The Hall–Kier alpha value is -0.120. The van der Waals surface area contributed by atoms with E-state index in [-0.39, 0.29) is 0 Å². The Bertz CT molecular complexity index is 206. The molecule has 2 saturated heterocycles. The summed E-state index contributed by atoms with van der Waals surface area (Å²) in [5, 5.41) is 13.6. The normalized spacial score (nSPS) is 33.8. The summed E-state index contributed by atoms with van der Waals surface area (Å²) in [5.41, 5.74) is -0.547. The van der Waals surface area contributed by atoms with Crippen molar-refractivity contribution in [1.29, 1.82) is 0 Å². The third kappa shape index (κ3) is 2.71. The molecule has 2 N–H and O–H groups in total. The summed E-state index contributed by atoms with van der Waals surface area (Å²) in [6, 6.07) is 1.02. The molecule has 0 aromatic carbocycles. The lowest BCUT2D eigenvalue weighted by Crippen LogP contribution is -2.49. The summed E-state index contributed by atoms with van der Waals surface area (Å²) in [5.74, 6) is 0. The summed E-state index contributed by atoms with van der Waals surface area (Å²) in [4.78, 5) is 2.48. The molecule has 2 aliphatic heterocycles. The van der Waals surface area contributed by atoms with Crippen molar-refractivity contribution >= 4 is 0 Å². The van der Waals surface area contributed by atoms with Crippen LogP contribution < -0.4 is 5.32 Å². The number of likely N-dealkylation sites (tertiary alicyclic amines) is 1. The van der Waals surface area contributed by atoms with Gasteiger partial charge in [-0.2, -0.15) is 0 Å².